The van der Waals surface area contributed by atoms with Gasteiger partial charge in [-0.15, -0.1) is 0 Å². The molecule has 7 nitrogen and oxygen atoms in total. The maximum Gasteiger partial charge on any atom is 0.307 e. The number of Topliss-reactive ketones (excluding diaryl/α,β-unsaturated/α-hetero) is 1. The number of methoxy groups -OCH3 is 1. The van der Waals surface area contributed by atoms with Gasteiger partial charge in [-0.25, -0.2) is 13.1 Å². The zero-order valence-corrected chi connectivity index (χ0v) is 15.9. The molecular formula is C19H21NO6S. The molecule has 0 radical (unpaired) electrons. The summed E-state index contributed by atoms with van der Waals surface area (Å²) in [5.74, 6) is -0.404. The minimum absolute atomic E-state index is 0.119. The molecule has 0 saturated carbocycles. The fourth-order valence-electron chi connectivity index (χ4n) is 2.17. The van der Waals surface area contributed by atoms with Crippen molar-refractivity contribution in [3.05, 3.63) is 59.7 Å². The van der Waals surface area contributed by atoms with Crippen molar-refractivity contribution in [3.8, 4) is 5.75 Å². The van der Waals surface area contributed by atoms with E-state index in [-0.39, 0.29) is 23.6 Å². The Morgan fingerprint density at radius 1 is 1.00 bits per heavy atom. The van der Waals surface area contributed by atoms with Crippen LogP contribution in [0, 0.1) is 6.92 Å². The van der Waals surface area contributed by atoms with E-state index in [0.717, 1.165) is 5.56 Å². The van der Waals surface area contributed by atoms with E-state index < -0.39 is 22.6 Å². The number of sulfonamides is 1. The lowest BCUT2D eigenvalue weighted by molar-refractivity contribution is -0.142. The van der Waals surface area contributed by atoms with Crippen molar-refractivity contribution < 1.29 is 27.5 Å². The van der Waals surface area contributed by atoms with Crippen LogP contribution in [0.3, 0.4) is 0 Å². The van der Waals surface area contributed by atoms with Gasteiger partial charge in [-0.05, 0) is 43.3 Å². The summed E-state index contributed by atoms with van der Waals surface area (Å²) < 4.78 is 36.4. The highest BCUT2D eigenvalue weighted by atomic mass is 32.2. The van der Waals surface area contributed by atoms with Crippen LogP contribution in [0.4, 0.5) is 0 Å². The van der Waals surface area contributed by atoms with Gasteiger partial charge in [-0.2, -0.15) is 0 Å². The first-order valence-corrected chi connectivity index (χ1v) is 9.69. The number of hydrogen-bond donors (Lipinski definition) is 1. The number of nitrogens with one attached hydrogen (secondary N) is 1. The number of ether oxygens (including phenoxy) is 2. The fraction of sp³-hybridized carbons (Fsp3) is 0.263. The molecule has 0 aliphatic rings. The van der Waals surface area contributed by atoms with Crippen LogP contribution in [0.25, 0.3) is 0 Å². The van der Waals surface area contributed by atoms with E-state index in [1.54, 1.807) is 36.4 Å². The number of esters is 1. The third-order valence-corrected chi connectivity index (χ3v) is 5.21. The molecule has 0 aliphatic carbocycles. The molecule has 0 aliphatic heterocycles. The van der Waals surface area contributed by atoms with Crippen LogP contribution >= 0.6 is 0 Å². The summed E-state index contributed by atoms with van der Waals surface area (Å²) in [4.78, 5) is 23.8. The van der Waals surface area contributed by atoms with Crippen LogP contribution in [-0.2, 0) is 19.6 Å². The van der Waals surface area contributed by atoms with Crippen molar-refractivity contribution in [2.24, 2.45) is 0 Å². The predicted molar refractivity (Wildman–Crippen MR) is 99.3 cm³/mol. The Bertz CT molecular complexity index is 889. The summed E-state index contributed by atoms with van der Waals surface area (Å²) in [6.45, 7) is 1.33. The van der Waals surface area contributed by atoms with Crippen molar-refractivity contribution in [3.63, 3.8) is 0 Å². The molecule has 2 aromatic carbocycles. The average Bonchev–Trinajstić information content (AvgIpc) is 2.66. The smallest absolute Gasteiger partial charge is 0.307 e. The lowest BCUT2D eigenvalue weighted by Gasteiger charge is -2.08. The number of hydrogen-bond acceptors (Lipinski definition) is 6. The van der Waals surface area contributed by atoms with Crippen molar-refractivity contribution in [1.82, 2.24) is 4.72 Å². The van der Waals surface area contributed by atoms with Crippen molar-refractivity contribution in [2.45, 2.75) is 18.2 Å². The number of aryl methyl sites for hydroxylation is 1. The van der Waals surface area contributed by atoms with Gasteiger partial charge in [-0.3, -0.25) is 9.59 Å². The number of benzene rings is 2. The molecule has 0 unspecified atom stereocenters. The summed E-state index contributed by atoms with van der Waals surface area (Å²) in [6.07, 6.45) is -0.180. The number of ketones is 1. The van der Waals surface area contributed by atoms with E-state index in [9.17, 15) is 18.0 Å². The minimum atomic E-state index is -3.69. The molecule has 0 aromatic heterocycles. The maximum atomic E-state index is 12.1. The van der Waals surface area contributed by atoms with E-state index in [4.69, 9.17) is 9.47 Å². The molecule has 0 amide bonds. The summed E-state index contributed by atoms with van der Waals surface area (Å²) in [5, 5.41) is 0. The van der Waals surface area contributed by atoms with Gasteiger partial charge in [0, 0.05) is 12.1 Å². The Morgan fingerprint density at radius 3 is 2.22 bits per heavy atom. The molecule has 0 saturated heterocycles. The first kappa shape index (κ1) is 20.6. The van der Waals surface area contributed by atoms with Gasteiger partial charge in [0.05, 0.1) is 18.4 Å². The summed E-state index contributed by atoms with van der Waals surface area (Å²) >= 11 is 0. The lowest BCUT2D eigenvalue weighted by atomic mass is 10.1. The van der Waals surface area contributed by atoms with Crippen LogP contribution in [0.15, 0.2) is 53.4 Å². The van der Waals surface area contributed by atoms with Gasteiger partial charge in [0.15, 0.2) is 12.4 Å². The van der Waals surface area contributed by atoms with Gasteiger partial charge in [0.2, 0.25) is 10.0 Å². The Morgan fingerprint density at radius 2 is 1.63 bits per heavy atom. The summed E-state index contributed by atoms with van der Waals surface area (Å²) in [7, 11) is -2.17. The van der Waals surface area contributed by atoms with Crippen LogP contribution in [0.2, 0.25) is 0 Å². The molecular weight excluding hydrogens is 370 g/mol. The van der Waals surface area contributed by atoms with Crippen molar-refractivity contribution in [2.75, 3.05) is 20.3 Å². The highest BCUT2D eigenvalue weighted by Gasteiger charge is 2.15. The van der Waals surface area contributed by atoms with Gasteiger partial charge < -0.3 is 9.47 Å². The molecule has 0 atom stereocenters. The minimum Gasteiger partial charge on any atom is -0.497 e. The van der Waals surface area contributed by atoms with E-state index in [1.165, 1.54) is 19.2 Å². The lowest BCUT2D eigenvalue weighted by Crippen LogP contribution is -2.27. The highest BCUT2D eigenvalue weighted by molar-refractivity contribution is 7.89. The second-order valence-corrected chi connectivity index (χ2v) is 7.54. The first-order chi connectivity index (χ1) is 12.8. The zero-order valence-electron chi connectivity index (χ0n) is 15.1. The average molecular weight is 391 g/mol. The number of rotatable bonds is 9. The molecule has 27 heavy (non-hydrogen) atoms. The van der Waals surface area contributed by atoms with E-state index in [0.29, 0.717) is 11.3 Å². The van der Waals surface area contributed by atoms with Crippen LogP contribution in [0.1, 0.15) is 22.3 Å². The number of carbonyl (C=O) groups excluding carboxylic acids is 2. The van der Waals surface area contributed by atoms with Crippen LogP contribution in [0.5, 0.6) is 5.75 Å². The Hall–Kier alpha value is -2.71. The molecule has 1 N–H and O–H groups in total. The van der Waals surface area contributed by atoms with E-state index in [1.807, 2.05) is 6.92 Å². The molecule has 2 rings (SSSR count). The topological polar surface area (TPSA) is 98.8 Å². The molecule has 0 heterocycles. The second-order valence-electron chi connectivity index (χ2n) is 5.77. The Kier molecular flexibility index (Phi) is 7.09. The largest absolute Gasteiger partial charge is 0.497 e. The second kappa shape index (κ2) is 9.29. The summed E-state index contributed by atoms with van der Waals surface area (Å²) in [6, 6.07) is 12.8. The Labute approximate surface area is 158 Å². The summed E-state index contributed by atoms with van der Waals surface area (Å²) in [5.41, 5.74) is 1.34. The first-order valence-electron chi connectivity index (χ1n) is 8.21. The van der Waals surface area contributed by atoms with Gasteiger partial charge in [-0.1, -0.05) is 17.7 Å². The number of carbonyl (C=O) groups is 2. The normalized spacial score (nSPS) is 11.0. The van der Waals surface area contributed by atoms with Crippen LogP contribution < -0.4 is 9.46 Å². The highest BCUT2D eigenvalue weighted by Crippen LogP contribution is 2.12. The maximum absolute atomic E-state index is 12.1. The standard InChI is InChI=1S/C19H21NO6S/c1-14-3-9-17(10-4-14)27(23,24)20-12-11-19(22)26-13-18(21)15-5-7-16(25-2)8-6-15/h3-10,20H,11-13H2,1-2H3. The zero-order chi connectivity index (χ0) is 19.9. The van der Waals surface area contributed by atoms with Gasteiger partial charge >= 0.3 is 5.97 Å². The molecule has 144 valence electrons. The molecule has 8 heteroatoms. The fourth-order valence-corrected chi connectivity index (χ4v) is 3.20. The van der Waals surface area contributed by atoms with E-state index >= 15 is 0 Å². The van der Waals surface area contributed by atoms with Crippen molar-refractivity contribution in [1.29, 1.82) is 0 Å². The van der Waals surface area contributed by atoms with Crippen LogP contribution in [-0.4, -0.2) is 40.4 Å². The molecule has 0 spiro atoms. The third kappa shape index (κ3) is 6.19. The SMILES string of the molecule is COc1ccc(C(=O)COC(=O)CCNS(=O)(=O)c2ccc(C)cc2)cc1. The molecule has 0 fully saturated rings. The quantitative estimate of drug-likeness (QED) is 0.519. The van der Waals surface area contributed by atoms with Crippen molar-refractivity contribution >= 4 is 21.8 Å². The Balaban J connectivity index is 1.77. The van der Waals surface area contributed by atoms with Gasteiger partial charge in [0.25, 0.3) is 0 Å². The monoisotopic (exact) mass is 391 g/mol. The molecule has 2 aromatic rings. The predicted octanol–water partition coefficient (Wildman–Crippen LogP) is 2.10. The third-order valence-electron chi connectivity index (χ3n) is 3.73. The van der Waals surface area contributed by atoms with Gasteiger partial charge in [0.1, 0.15) is 5.75 Å². The molecule has 0 bridgehead atoms. The van der Waals surface area contributed by atoms with E-state index in [2.05, 4.69) is 4.72 Å².